The van der Waals surface area contributed by atoms with Crippen molar-refractivity contribution in [1.29, 1.82) is 0 Å². The fourth-order valence-electron chi connectivity index (χ4n) is 2.56. The van der Waals surface area contributed by atoms with E-state index in [1.165, 1.54) is 25.9 Å². The topological polar surface area (TPSA) is 23.6 Å². The summed E-state index contributed by atoms with van der Waals surface area (Å²) in [7, 11) is 2.94. The van der Waals surface area contributed by atoms with Crippen molar-refractivity contribution in [3.8, 4) is 0 Å². The lowest BCUT2D eigenvalue weighted by atomic mass is 9.88. The number of nitrogens with zero attached hydrogens (tertiary/aromatic N) is 2. The molecule has 0 aliphatic carbocycles. The number of amides is 1. The number of hydrogen-bond donors (Lipinski definition) is 0. The van der Waals surface area contributed by atoms with E-state index in [0.29, 0.717) is 4.90 Å². The smallest absolute Gasteiger partial charge is 0.342 e. The van der Waals surface area contributed by atoms with Crippen molar-refractivity contribution in [1.82, 2.24) is 9.80 Å². The van der Waals surface area contributed by atoms with E-state index in [4.69, 9.17) is 0 Å². The molecule has 0 aromatic rings. The first-order valence-corrected chi connectivity index (χ1v) is 9.65. The van der Waals surface area contributed by atoms with Crippen molar-refractivity contribution in [3.05, 3.63) is 0 Å². The number of carbonyl (C=O) groups excluding carboxylic acids is 1. The van der Waals surface area contributed by atoms with E-state index in [-0.39, 0.29) is 19.6 Å². The van der Waals surface area contributed by atoms with Gasteiger partial charge in [-0.15, -0.1) is 0 Å². The van der Waals surface area contributed by atoms with Gasteiger partial charge in [0.2, 0.25) is 5.91 Å². The fourth-order valence-corrected chi connectivity index (χ4v) is 2.56. The summed E-state index contributed by atoms with van der Waals surface area (Å²) in [6, 6.07) is 0. The van der Waals surface area contributed by atoms with Gasteiger partial charge in [-0.25, -0.2) is 0 Å². The third kappa shape index (κ3) is 5.81. The molecule has 0 aromatic heterocycles. The molecule has 20 heteroatoms. The molecule has 1 amide bonds. The van der Waals surface area contributed by atoms with Crippen LogP contribution in [-0.4, -0.2) is 97.1 Å². The van der Waals surface area contributed by atoms with Gasteiger partial charge < -0.3 is 9.80 Å². The molecule has 0 radical (unpaired) electrons. The quantitative estimate of drug-likeness (QED) is 0.239. The number of alkyl halides is 17. The molecule has 37 heavy (non-hydrogen) atoms. The second-order valence-corrected chi connectivity index (χ2v) is 7.93. The van der Waals surface area contributed by atoms with Gasteiger partial charge in [-0.3, -0.25) is 4.79 Å². The minimum absolute atomic E-state index is 0.0578. The van der Waals surface area contributed by atoms with Crippen LogP contribution in [0.3, 0.4) is 0 Å². The molecule has 222 valence electrons. The Morgan fingerprint density at radius 3 is 1.24 bits per heavy atom. The molecule has 0 aromatic carbocycles. The van der Waals surface area contributed by atoms with Gasteiger partial charge in [0.25, 0.3) is 0 Å². The number of likely N-dealkylation sites (N-methyl/N-ethyl adjacent to an activating group) is 2. The minimum atomic E-state index is -8.66. The zero-order valence-electron chi connectivity index (χ0n) is 18.8. The van der Waals surface area contributed by atoms with Gasteiger partial charge >= 0.3 is 47.6 Å². The first-order chi connectivity index (χ1) is 16.0. The molecule has 0 N–H and O–H groups in total. The maximum absolute atomic E-state index is 13.9. The van der Waals surface area contributed by atoms with Crippen LogP contribution in [0, 0.1) is 0 Å². The maximum atomic E-state index is 13.9. The average Bonchev–Trinajstić information content (AvgIpc) is 2.70. The van der Waals surface area contributed by atoms with Crippen LogP contribution in [0.15, 0.2) is 0 Å². The Balaban J connectivity index is 6.26. The van der Waals surface area contributed by atoms with Crippen molar-refractivity contribution in [3.63, 3.8) is 0 Å². The Kier molecular flexibility index (Phi) is 9.93. The van der Waals surface area contributed by atoms with E-state index in [1.807, 2.05) is 0 Å². The highest BCUT2D eigenvalue weighted by Crippen LogP contribution is 2.64. The van der Waals surface area contributed by atoms with E-state index in [9.17, 15) is 79.4 Å². The molecule has 0 atom stereocenters. The number of hydrogen-bond acceptors (Lipinski definition) is 2. The van der Waals surface area contributed by atoms with Crippen molar-refractivity contribution >= 4 is 5.91 Å². The minimum Gasteiger partial charge on any atom is -0.342 e. The van der Waals surface area contributed by atoms with Gasteiger partial charge in [-0.1, -0.05) is 0 Å². The Morgan fingerprint density at radius 2 is 0.919 bits per heavy atom. The molecule has 0 aliphatic rings. The molecule has 0 unspecified atom stereocenters. The summed E-state index contributed by atoms with van der Waals surface area (Å²) >= 11 is 0. The third-order valence-electron chi connectivity index (χ3n) is 4.99. The molecular formula is C17H19F17N2O. The Labute approximate surface area is 197 Å². The molecule has 0 fully saturated rings. The second-order valence-electron chi connectivity index (χ2n) is 7.93. The van der Waals surface area contributed by atoms with Gasteiger partial charge in [0.1, 0.15) is 0 Å². The van der Waals surface area contributed by atoms with Crippen LogP contribution < -0.4 is 0 Å². The van der Waals surface area contributed by atoms with E-state index in [2.05, 4.69) is 0 Å². The maximum Gasteiger partial charge on any atom is 0.460 e. The lowest BCUT2D eigenvalue weighted by molar-refractivity contribution is -0.461. The molecule has 0 spiro atoms. The summed E-state index contributed by atoms with van der Waals surface area (Å²) in [4.78, 5) is 14.0. The number of rotatable bonds is 13. The summed E-state index contributed by atoms with van der Waals surface area (Å²) in [6.07, 6.45) is -12.4. The zero-order chi connectivity index (χ0) is 30.3. The largest absolute Gasteiger partial charge is 0.460 e. The lowest BCUT2D eigenvalue weighted by Crippen LogP contribution is -2.74. The average molecular weight is 590 g/mol. The molecular weight excluding hydrogens is 571 g/mol. The predicted molar refractivity (Wildman–Crippen MR) is 90.7 cm³/mol. The van der Waals surface area contributed by atoms with Gasteiger partial charge in [-0.2, -0.15) is 74.6 Å². The SMILES string of the molecule is CCN(CCN(C)C)C(=O)CCC(F)(F)C(F)(F)C(F)(F)C(F)(F)C(F)(F)C(F)(F)C(F)(F)C(F)(F)F. The summed E-state index contributed by atoms with van der Waals surface area (Å²) in [5.74, 6) is -58.1. The Hall–Kier alpha value is -1.76. The molecule has 0 bridgehead atoms. The molecule has 0 rings (SSSR count). The van der Waals surface area contributed by atoms with E-state index in [1.54, 1.807) is 0 Å². The first-order valence-electron chi connectivity index (χ1n) is 9.65. The van der Waals surface area contributed by atoms with E-state index < -0.39 is 66.4 Å². The highest BCUT2D eigenvalue weighted by Gasteiger charge is 2.95. The van der Waals surface area contributed by atoms with Crippen LogP contribution in [-0.2, 0) is 4.79 Å². The normalized spacial score (nSPS) is 15.4. The summed E-state index contributed by atoms with van der Waals surface area (Å²) in [5.41, 5.74) is 0. The Morgan fingerprint density at radius 1 is 0.568 bits per heavy atom. The molecule has 0 aliphatic heterocycles. The van der Waals surface area contributed by atoms with Gasteiger partial charge in [0.05, 0.1) is 0 Å². The summed E-state index contributed by atoms with van der Waals surface area (Å²) in [6.45, 7) is 0.793. The van der Waals surface area contributed by atoms with Crippen LogP contribution in [0.4, 0.5) is 74.6 Å². The lowest BCUT2D eigenvalue weighted by Gasteiger charge is -2.42. The number of halogens is 17. The highest BCUT2D eigenvalue weighted by atomic mass is 19.4. The van der Waals surface area contributed by atoms with E-state index >= 15 is 0 Å². The molecule has 0 saturated heterocycles. The van der Waals surface area contributed by atoms with Crippen molar-refractivity contribution in [2.24, 2.45) is 0 Å². The monoisotopic (exact) mass is 590 g/mol. The summed E-state index contributed by atoms with van der Waals surface area (Å²) in [5, 5.41) is 0. The van der Waals surface area contributed by atoms with Gasteiger partial charge in [0, 0.05) is 32.5 Å². The van der Waals surface area contributed by atoms with Crippen molar-refractivity contribution in [2.75, 3.05) is 33.7 Å². The first kappa shape index (κ1) is 35.2. The standard InChI is InChI=1S/C17H19F17N2O/c1-4-36(8-7-35(2)3)9(37)5-6-10(18,19)11(20,21)12(22,23)13(24,25)14(26,27)15(28,29)16(30,31)17(32,33)34/h4-8H2,1-3H3. The van der Waals surface area contributed by atoms with E-state index in [0.717, 1.165) is 0 Å². The summed E-state index contributed by atoms with van der Waals surface area (Å²) < 4.78 is 225. The van der Waals surface area contributed by atoms with Gasteiger partial charge in [-0.05, 0) is 21.0 Å². The fraction of sp³-hybridized carbons (Fsp3) is 0.941. The second kappa shape index (κ2) is 10.4. The van der Waals surface area contributed by atoms with Crippen LogP contribution in [0.1, 0.15) is 19.8 Å². The third-order valence-corrected chi connectivity index (χ3v) is 4.99. The van der Waals surface area contributed by atoms with Crippen LogP contribution in [0.25, 0.3) is 0 Å². The Bertz CT molecular complexity index is 791. The van der Waals surface area contributed by atoms with Crippen molar-refractivity contribution < 1.29 is 79.4 Å². The molecule has 0 heterocycles. The van der Waals surface area contributed by atoms with Crippen LogP contribution in [0.2, 0.25) is 0 Å². The highest BCUT2D eigenvalue weighted by molar-refractivity contribution is 5.76. The molecule has 0 saturated carbocycles. The van der Waals surface area contributed by atoms with Crippen molar-refractivity contribution in [2.45, 2.75) is 67.4 Å². The number of carbonyl (C=O) groups is 1. The zero-order valence-corrected chi connectivity index (χ0v) is 18.8. The van der Waals surface area contributed by atoms with Crippen LogP contribution in [0.5, 0.6) is 0 Å². The van der Waals surface area contributed by atoms with Gasteiger partial charge in [0.15, 0.2) is 0 Å². The molecule has 3 nitrogen and oxygen atoms in total. The predicted octanol–water partition coefficient (Wildman–Crippen LogP) is 6.19. The van der Waals surface area contributed by atoms with Crippen LogP contribution >= 0.6 is 0 Å².